The maximum Gasteiger partial charge on any atom is 0.262 e. The largest absolute Gasteiger partial charge is 0.484 e. The number of nitrogens with one attached hydrogen (secondary N) is 1. The van der Waals surface area contributed by atoms with Crippen molar-refractivity contribution in [3.63, 3.8) is 0 Å². The number of anilines is 1. The molecule has 0 bridgehead atoms. The van der Waals surface area contributed by atoms with E-state index in [1.807, 2.05) is 24.3 Å². The summed E-state index contributed by atoms with van der Waals surface area (Å²) < 4.78 is 5.60. The summed E-state index contributed by atoms with van der Waals surface area (Å²) in [6, 6.07) is 7.75. The van der Waals surface area contributed by atoms with Crippen LogP contribution >= 0.6 is 11.3 Å². The molecule has 1 atom stereocenters. The molecule has 1 heterocycles. The molecule has 2 amide bonds. The molecular formula is C22H28N2O3S. The number of primary amides is 1. The summed E-state index contributed by atoms with van der Waals surface area (Å²) in [6.07, 6.45) is 2.79. The average Bonchev–Trinajstić information content (AvgIpc) is 2.96. The Hall–Kier alpha value is -2.34. The van der Waals surface area contributed by atoms with Crippen molar-refractivity contribution in [1.29, 1.82) is 0 Å². The van der Waals surface area contributed by atoms with Crippen molar-refractivity contribution >= 4 is 28.2 Å². The van der Waals surface area contributed by atoms with Gasteiger partial charge in [-0.2, -0.15) is 0 Å². The minimum absolute atomic E-state index is 0.0663. The van der Waals surface area contributed by atoms with Crippen LogP contribution in [0, 0.1) is 5.92 Å². The van der Waals surface area contributed by atoms with Gasteiger partial charge in [0, 0.05) is 4.88 Å². The molecule has 1 aliphatic rings. The van der Waals surface area contributed by atoms with Gasteiger partial charge in [-0.1, -0.05) is 39.8 Å². The molecular weight excluding hydrogens is 372 g/mol. The zero-order valence-electron chi connectivity index (χ0n) is 16.9. The third-order valence-electron chi connectivity index (χ3n) is 5.10. The number of benzene rings is 1. The van der Waals surface area contributed by atoms with Crippen LogP contribution in [0.15, 0.2) is 24.3 Å². The second kappa shape index (κ2) is 7.95. The molecule has 0 unspecified atom stereocenters. The molecule has 3 N–H and O–H groups in total. The number of fused-ring (bicyclic) bond motifs is 1. The number of thiophene rings is 1. The Labute approximate surface area is 170 Å². The molecule has 0 aliphatic heterocycles. The number of hydrogen-bond donors (Lipinski definition) is 2. The molecule has 1 aromatic carbocycles. The molecule has 1 aromatic heterocycles. The molecule has 0 fully saturated rings. The predicted octanol–water partition coefficient (Wildman–Crippen LogP) is 4.29. The van der Waals surface area contributed by atoms with E-state index in [1.54, 1.807) is 0 Å². The van der Waals surface area contributed by atoms with E-state index < -0.39 is 5.91 Å². The lowest BCUT2D eigenvalue weighted by Crippen LogP contribution is -2.22. The number of rotatable bonds is 5. The maximum absolute atomic E-state index is 12.4. The fourth-order valence-corrected chi connectivity index (χ4v) is 4.89. The number of ether oxygens (including phenoxy) is 1. The number of carbonyl (C=O) groups excluding carboxylic acids is 2. The van der Waals surface area contributed by atoms with Gasteiger partial charge < -0.3 is 15.8 Å². The first-order valence-corrected chi connectivity index (χ1v) is 10.4. The van der Waals surface area contributed by atoms with Gasteiger partial charge in [0.15, 0.2) is 6.61 Å². The van der Waals surface area contributed by atoms with Gasteiger partial charge in [-0.15, -0.1) is 11.3 Å². The second-order valence-electron chi connectivity index (χ2n) is 8.53. The molecule has 6 heteroatoms. The van der Waals surface area contributed by atoms with Crippen LogP contribution in [-0.2, 0) is 23.1 Å². The fourth-order valence-electron chi connectivity index (χ4n) is 3.46. The molecule has 3 rings (SSSR count). The first-order valence-electron chi connectivity index (χ1n) is 9.62. The minimum atomic E-state index is -0.485. The third-order valence-corrected chi connectivity index (χ3v) is 6.27. The number of hydrogen-bond acceptors (Lipinski definition) is 4. The van der Waals surface area contributed by atoms with Crippen LogP contribution in [0.3, 0.4) is 0 Å². The zero-order chi connectivity index (χ0) is 20.5. The molecule has 1 aliphatic carbocycles. The van der Waals surface area contributed by atoms with Gasteiger partial charge >= 0.3 is 0 Å². The van der Waals surface area contributed by atoms with E-state index in [0.717, 1.165) is 29.7 Å². The minimum Gasteiger partial charge on any atom is -0.484 e. The van der Waals surface area contributed by atoms with Gasteiger partial charge in [0.2, 0.25) is 0 Å². The monoisotopic (exact) mass is 400 g/mol. The van der Waals surface area contributed by atoms with Crippen LogP contribution in [0.4, 0.5) is 5.00 Å². The highest BCUT2D eigenvalue weighted by Gasteiger charge is 2.27. The van der Waals surface area contributed by atoms with E-state index in [-0.39, 0.29) is 17.9 Å². The summed E-state index contributed by atoms with van der Waals surface area (Å²) in [7, 11) is 0. The fraction of sp³-hybridized carbons (Fsp3) is 0.455. The molecule has 0 radical (unpaired) electrons. The van der Waals surface area contributed by atoms with Gasteiger partial charge in [-0.3, -0.25) is 9.59 Å². The van der Waals surface area contributed by atoms with Crippen molar-refractivity contribution in [3.8, 4) is 5.75 Å². The third kappa shape index (κ3) is 4.55. The normalized spacial score (nSPS) is 16.4. The lowest BCUT2D eigenvalue weighted by molar-refractivity contribution is -0.118. The van der Waals surface area contributed by atoms with Crippen molar-refractivity contribution in [1.82, 2.24) is 0 Å². The Morgan fingerprint density at radius 2 is 1.93 bits per heavy atom. The van der Waals surface area contributed by atoms with Gasteiger partial charge in [-0.25, -0.2) is 0 Å². The summed E-state index contributed by atoms with van der Waals surface area (Å²) >= 11 is 1.46. The van der Waals surface area contributed by atoms with E-state index in [2.05, 4.69) is 33.0 Å². The number of carbonyl (C=O) groups is 2. The van der Waals surface area contributed by atoms with Crippen molar-refractivity contribution in [2.24, 2.45) is 11.7 Å². The average molecular weight is 401 g/mol. The van der Waals surface area contributed by atoms with Crippen LogP contribution in [0.1, 0.15) is 60.5 Å². The first-order chi connectivity index (χ1) is 13.1. The molecule has 2 aromatic rings. The highest BCUT2D eigenvalue weighted by Crippen LogP contribution is 2.39. The van der Waals surface area contributed by atoms with Crippen molar-refractivity contribution in [2.45, 2.75) is 52.4 Å². The SMILES string of the molecule is C[C@@H]1CCc2c(sc(NC(=O)COc3ccc(C(C)(C)C)cc3)c2C(N)=O)C1. The van der Waals surface area contributed by atoms with Crippen molar-refractivity contribution in [2.75, 3.05) is 11.9 Å². The first kappa shape index (κ1) is 20.4. The van der Waals surface area contributed by atoms with Gasteiger partial charge in [0.05, 0.1) is 5.56 Å². The van der Waals surface area contributed by atoms with E-state index >= 15 is 0 Å². The summed E-state index contributed by atoms with van der Waals surface area (Å²) in [5.74, 6) is 0.433. The molecule has 5 nitrogen and oxygen atoms in total. The lowest BCUT2D eigenvalue weighted by Gasteiger charge is -2.19. The van der Waals surface area contributed by atoms with E-state index in [0.29, 0.717) is 22.2 Å². The van der Waals surface area contributed by atoms with Crippen LogP contribution in [0.25, 0.3) is 0 Å². The molecule has 0 saturated carbocycles. The molecule has 0 spiro atoms. The molecule has 28 heavy (non-hydrogen) atoms. The van der Waals surface area contributed by atoms with E-state index in [4.69, 9.17) is 10.5 Å². The molecule has 150 valence electrons. The zero-order valence-corrected chi connectivity index (χ0v) is 17.7. The quantitative estimate of drug-likeness (QED) is 0.786. The Bertz CT molecular complexity index is 878. The Morgan fingerprint density at radius 1 is 1.25 bits per heavy atom. The van der Waals surface area contributed by atoms with E-state index in [1.165, 1.54) is 16.9 Å². The summed E-state index contributed by atoms with van der Waals surface area (Å²) in [4.78, 5) is 25.5. The summed E-state index contributed by atoms with van der Waals surface area (Å²) in [5.41, 5.74) is 8.33. The van der Waals surface area contributed by atoms with Crippen LogP contribution < -0.4 is 15.8 Å². The van der Waals surface area contributed by atoms with Crippen molar-refractivity contribution < 1.29 is 14.3 Å². The molecule has 0 saturated heterocycles. The summed E-state index contributed by atoms with van der Waals surface area (Å²) in [6.45, 7) is 8.52. The van der Waals surface area contributed by atoms with Crippen LogP contribution in [0.2, 0.25) is 0 Å². The Kier molecular flexibility index (Phi) is 5.79. The highest BCUT2D eigenvalue weighted by molar-refractivity contribution is 7.17. The van der Waals surface area contributed by atoms with Crippen LogP contribution in [-0.4, -0.2) is 18.4 Å². The smallest absolute Gasteiger partial charge is 0.262 e. The number of amides is 2. The number of nitrogens with two attached hydrogens (primary N) is 1. The topological polar surface area (TPSA) is 81.4 Å². The predicted molar refractivity (Wildman–Crippen MR) is 113 cm³/mol. The second-order valence-corrected chi connectivity index (χ2v) is 9.64. The Balaban J connectivity index is 1.66. The Morgan fingerprint density at radius 3 is 2.54 bits per heavy atom. The maximum atomic E-state index is 12.4. The summed E-state index contributed by atoms with van der Waals surface area (Å²) in [5, 5.41) is 3.37. The van der Waals surface area contributed by atoms with Crippen LogP contribution in [0.5, 0.6) is 5.75 Å². The highest BCUT2D eigenvalue weighted by atomic mass is 32.1. The lowest BCUT2D eigenvalue weighted by atomic mass is 9.87. The standard InChI is InChI=1S/C22H28N2O3S/c1-13-5-10-16-17(11-13)28-21(19(16)20(23)26)24-18(25)12-27-15-8-6-14(7-9-15)22(2,3)4/h6-9,13H,5,10-12H2,1-4H3,(H2,23,26)(H,24,25)/t13-/m1/s1. The van der Waals surface area contributed by atoms with Gasteiger partial charge in [-0.05, 0) is 53.9 Å². The van der Waals surface area contributed by atoms with Gasteiger partial charge in [0.1, 0.15) is 10.8 Å². The van der Waals surface area contributed by atoms with Gasteiger partial charge in [0.25, 0.3) is 11.8 Å². The van der Waals surface area contributed by atoms with E-state index in [9.17, 15) is 9.59 Å². The van der Waals surface area contributed by atoms with Crippen molar-refractivity contribution in [3.05, 3.63) is 45.8 Å².